The highest BCUT2D eigenvalue weighted by atomic mass is 16.5. The molecule has 2 heterocycles. The summed E-state index contributed by atoms with van der Waals surface area (Å²) in [7, 11) is 0. The number of amides is 2. The van der Waals surface area contributed by atoms with Crippen molar-refractivity contribution in [2.45, 2.75) is 45.3 Å². The number of fused-ring (bicyclic) bond motifs is 1. The SMILES string of the molecule is CC(C)CN1CCC(NC(=O)NCC2Cc3ccccc3O2)CC1. The van der Waals surface area contributed by atoms with Crippen LogP contribution in [0.2, 0.25) is 0 Å². The maximum Gasteiger partial charge on any atom is 0.315 e. The molecule has 24 heavy (non-hydrogen) atoms. The molecule has 0 radical (unpaired) electrons. The number of ether oxygens (including phenoxy) is 1. The Bertz CT molecular complexity index is 528. The molecule has 5 nitrogen and oxygen atoms in total. The minimum absolute atomic E-state index is 0.0426. The zero-order chi connectivity index (χ0) is 16.9. The average Bonchev–Trinajstić information content (AvgIpc) is 2.97. The van der Waals surface area contributed by atoms with Crippen molar-refractivity contribution < 1.29 is 9.53 Å². The van der Waals surface area contributed by atoms with E-state index >= 15 is 0 Å². The van der Waals surface area contributed by atoms with Gasteiger partial charge in [0, 0.05) is 32.1 Å². The summed E-state index contributed by atoms with van der Waals surface area (Å²) < 4.78 is 5.85. The van der Waals surface area contributed by atoms with Crippen LogP contribution in [0.4, 0.5) is 4.79 Å². The van der Waals surface area contributed by atoms with E-state index in [1.54, 1.807) is 0 Å². The van der Waals surface area contributed by atoms with Crippen LogP contribution in [0.3, 0.4) is 0 Å². The number of piperidine rings is 1. The fourth-order valence-electron chi connectivity index (χ4n) is 3.59. The van der Waals surface area contributed by atoms with Gasteiger partial charge in [-0.2, -0.15) is 0 Å². The van der Waals surface area contributed by atoms with Gasteiger partial charge in [0.25, 0.3) is 0 Å². The summed E-state index contributed by atoms with van der Waals surface area (Å²) in [4.78, 5) is 14.6. The minimum Gasteiger partial charge on any atom is -0.488 e. The lowest BCUT2D eigenvalue weighted by Gasteiger charge is -2.33. The third-order valence-electron chi connectivity index (χ3n) is 4.75. The molecule has 1 saturated heterocycles. The van der Waals surface area contributed by atoms with Gasteiger partial charge in [-0.3, -0.25) is 0 Å². The van der Waals surface area contributed by atoms with E-state index in [2.05, 4.69) is 35.4 Å². The predicted molar refractivity (Wildman–Crippen MR) is 95.4 cm³/mol. The summed E-state index contributed by atoms with van der Waals surface area (Å²) in [5, 5.41) is 6.07. The monoisotopic (exact) mass is 331 g/mol. The molecule has 0 aromatic heterocycles. The van der Waals surface area contributed by atoms with Crippen LogP contribution in [0.25, 0.3) is 0 Å². The highest BCUT2D eigenvalue weighted by Gasteiger charge is 2.24. The molecule has 1 aromatic rings. The number of urea groups is 1. The predicted octanol–water partition coefficient (Wildman–Crippen LogP) is 2.41. The highest BCUT2D eigenvalue weighted by molar-refractivity contribution is 5.74. The van der Waals surface area contributed by atoms with Crippen molar-refractivity contribution in [1.29, 1.82) is 0 Å². The van der Waals surface area contributed by atoms with E-state index in [1.165, 1.54) is 5.56 Å². The Balaban J connectivity index is 1.34. The molecule has 5 heteroatoms. The van der Waals surface area contributed by atoms with Crippen LogP contribution in [0.15, 0.2) is 24.3 Å². The molecule has 0 aliphatic carbocycles. The number of hydrogen-bond donors (Lipinski definition) is 2. The number of likely N-dealkylation sites (tertiary alicyclic amines) is 1. The third-order valence-corrected chi connectivity index (χ3v) is 4.75. The van der Waals surface area contributed by atoms with E-state index in [1.807, 2.05) is 18.2 Å². The van der Waals surface area contributed by atoms with Gasteiger partial charge in [-0.1, -0.05) is 32.0 Å². The smallest absolute Gasteiger partial charge is 0.315 e. The normalized spacial score (nSPS) is 21.4. The fourth-order valence-corrected chi connectivity index (χ4v) is 3.59. The van der Waals surface area contributed by atoms with Crippen LogP contribution in [0, 0.1) is 5.92 Å². The first kappa shape index (κ1) is 17.1. The summed E-state index contributed by atoms with van der Waals surface area (Å²) in [6, 6.07) is 8.29. The standard InChI is InChI=1S/C19H29N3O2/c1-14(2)13-22-9-7-16(8-10-22)21-19(23)20-12-17-11-15-5-3-4-6-18(15)24-17/h3-6,14,16-17H,7-13H2,1-2H3,(H2,20,21,23). The van der Waals surface area contributed by atoms with Crippen LogP contribution < -0.4 is 15.4 Å². The Morgan fingerprint density at radius 2 is 2.04 bits per heavy atom. The summed E-state index contributed by atoms with van der Waals surface area (Å²) in [5.41, 5.74) is 1.22. The lowest BCUT2D eigenvalue weighted by atomic mass is 10.0. The van der Waals surface area contributed by atoms with Gasteiger partial charge in [0.2, 0.25) is 0 Å². The van der Waals surface area contributed by atoms with Gasteiger partial charge in [-0.15, -0.1) is 0 Å². The number of nitrogens with one attached hydrogen (secondary N) is 2. The van der Waals surface area contributed by atoms with Gasteiger partial charge < -0.3 is 20.3 Å². The Kier molecular flexibility index (Phi) is 5.61. The first-order valence-electron chi connectivity index (χ1n) is 9.11. The van der Waals surface area contributed by atoms with Crippen LogP contribution in [-0.2, 0) is 6.42 Å². The maximum absolute atomic E-state index is 12.1. The van der Waals surface area contributed by atoms with Crippen LogP contribution in [0.5, 0.6) is 5.75 Å². The molecule has 132 valence electrons. The van der Waals surface area contributed by atoms with Crippen LogP contribution in [-0.4, -0.2) is 49.3 Å². The van der Waals surface area contributed by atoms with E-state index < -0.39 is 0 Å². The highest BCUT2D eigenvalue weighted by Crippen LogP contribution is 2.27. The molecular formula is C19H29N3O2. The van der Waals surface area contributed by atoms with Crippen LogP contribution in [0.1, 0.15) is 32.3 Å². The molecular weight excluding hydrogens is 302 g/mol. The molecule has 1 aromatic carbocycles. The second-order valence-corrected chi connectivity index (χ2v) is 7.37. The fraction of sp³-hybridized carbons (Fsp3) is 0.632. The Morgan fingerprint density at radius 1 is 1.29 bits per heavy atom. The Morgan fingerprint density at radius 3 is 2.75 bits per heavy atom. The number of nitrogens with zero attached hydrogens (tertiary/aromatic N) is 1. The molecule has 1 atom stereocenters. The molecule has 0 bridgehead atoms. The van der Waals surface area contributed by atoms with Gasteiger partial charge in [0.05, 0.1) is 6.54 Å². The summed E-state index contributed by atoms with van der Waals surface area (Å²) >= 11 is 0. The minimum atomic E-state index is -0.0723. The maximum atomic E-state index is 12.1. The molecule has 3 rings (SSSR count). The molecule has 0 saturated carbocycles. The first-order chi connectivity index (χ1) is 11.6. The van der Waals surface area contributed by atoms with Crippen molar-refractivity contribution in [1.82, 2.24) is 15.5 Å². The van der Waals surface area contributed by atoms with Gasteiger partial charge in [-0.05, 0) is 30.4 Å². The molecule has 2 aliphatic heterocycles. The van der Waals surface area contributed by atoms with Crippen molar-refractivity contribution in [3.05, 3.63) is 29.8 Å². The summed E-state index contributed by atoms with van der Waals surface area (Å²) in [6.45, 7) is 8.35. The topological polar surface area (TPSA) is 53.6 Å². The summed E-state index contributed by atoms with van der Waals surface area (Å²) in [6.07, 6.45) is 2.97. The van der Waals surface area contributed by atoms with E-state index in [0.29, 0.717) is 12.5 Å². The molecule has 2 aliphatic rings. The van der Waals surface area contributed by atoms with E-state index in [-0.39, 0.29) is 18.2 Å². The largest absolute Gasteiger partial charge is 0.488 e. The van der Waals surface area contributed by atoms with Gasteiger partial charge in [0.15, 0.2) is 0 Å². The van der Waals surface area contributed by atoms with Crippen molar-refractivity contribution in [2.24, 2.45) is 5.92 Å². The molecule has 2 amide bonds. The molecule has 2 N–H and O–H groups in total. The van der Waals surface area contributed by atoms with Gasteiger partial charge in [-0.25, -0.2) is 4.79 Å². The number of rotatable bonds is 5. The van der Waals surface area contributed by atoms with Crippen molar-refractivity contribution >= 4 is 6.03 Å². The summed E-state index contributed by atoms with van der Waals surface area (Å²) in [5.74, 6) is 1.65. The van der Waals surface area contributed by atoms with Crippen molar-refractivity contribution in [3.63, 3.8) is 0 Å². The van der Waals surface area contributed by atoms with Crippen LogP contribution >= 0.6 is 0 Å². The number of para-hydroxylation sites is 1. The third kappa shape index (κ3) is 4.63. The lowest BCUT2D eigenvalue weighted by Crippen LogP contribution is -2.49. The van der Waals surface area contributed by atoms with Gasteiger partial charge >= 0.3 is 6.03 Å². The molecule has 1 fully saturated rings. The second-order valence-electron chi connectivity index (χ2n) is 7.37. The zero-order valence-electron chi connectivity index (χ0n) is 14.8. The number of carbonyl (C=O) groups is 1. The quantitative estimate of drug-likeness (QED) is 0.871. The van der Waals surface area contributed by atoms with Crippen molar-refractivity contribution in [2.75, 3.05) is 26.2 Å². The number of benzene rings is 1. The number of hydrogen-bond acceptors (Lipinski definition) is 3. The Hall–Kier alpha value is -1.75. The molecule has 0 spiro atoms. The van der Waals surface area contributed by atoms with Crippen molar-refractivity contribution in [3.8, 4) is 5.75 Å². The average molecular weight is 331 g/mol. The number of carbonyl (C=O) groups excluding carboxylic acids is 1. The zero-order valence-corrected chi connectivity index (χ0v) is 14.8. The first-order valence-corrected chi connectivity index (χ1v) is 9.11. The molecule has 1 unspecified atom stereocenters. The lowest BCUT2D eigenvalue weighted by molar-refractivity contribution is 0.175. The van der Waals surface area contributed by atoms with E-state index in [0.717, 1.165) is 44.6 Å². The Labute approximate surface area is 144 Å². The van der Waals surface area contributed by atoms with E-state index in [4.69, 9.17) is 4.74 Å². The second kappa shape index (κ2) is 7.88. The van der Waals surface area contributed by atoms with E-state index in [9.17, 15) is 4.79 Å². The van der Waals surface area contributed by atoms with Gasteiger partial charge in [0.1, 0.15) is 11.9 Å².